The van der Waals surface area contributed by atoms with Crippen molar-refractivity contribution in [2.45, 2.75) is 51.6 Å². The maximum absolute atomic E-state index is 11.0. The lowest BCUT2D eigenvalue weighted by atomic mass is 9.75. The monoisotopic (exact) mass is 214 g/mol. The molecule has 1 aliphatic rings. The van der Waals surface area contributed by atoms with Gasteiger partial charge in [-0.1, -0.05) is 0 Å². The van der Waals surface area contributed by atoms with E-state index in [0.717, 1.165) is 0 Å². The molecule has 88 valence electrons. The summed E-state index contributed by atoms with van der Waals surface area (Å²) in [5, 5.41) is 12.8. The lowest BCUT2D eigenvalue weighted by molar-refractivity contribution is -0.324. The predicted molar refractivity (Wildman–Crippen MR) is 54.7 cm³/mol. The Morgan fingerprint density at radius 3 is 1.93 bits per heavy atom. The zero-order valence-electron chi connectivity index (χ0n) is 10.2. The highest BCUT2D eigenvalue weighted by Gasteiger charge is 2.46. The summed E-state index contributed by atoms with van der Waals surface area (Å²) < 4.78 is 0. The first-order chi connectivity index (χ1) is 6.70. The van der Waals surface area contributed by atoms with Gasteiger partial charge in [-0.05, 0) is 40.5 Å². The Labute approximate surface area is 91.2 Å². The molecule has 4 nitrogen and oxygen atoms in total. The van der Waals surface area contributed by atoms with E-state index in [2.05, 4.69) is 0 Å². The summed E-state index contributed by atoms with van der Waals surface area (Å²) in [5.41, 5.74) is -0.553. The van der Waals surface area contributed by atoms with Crippen LogP contribution in [0.3, 0.4) is 0 Å². The molecule has 1 rings (SSSR count). The van der Waals surface area contributed by atoms with E-state index in [4.69, 9.17) is 4.84 Å². The molecule has 0 bridgehead atoms. The van der Waals surface area contributed by atoms with Gasteiger partial charge < -0.3 is 14.7 Å². The van der Waals surface area contributed by atoms with E-state index in [1.807, 2.05) is 32.8 Å². The van der Waals surface area contributed by atoms with E-state index in [9.17, 15) is 9.90 Å². The van der Waals surface area contributed by atoms with Crippen LogP contribution in [-0.2, 0) is 9.63 Å². The second-order valence-electron chi connectivity index (χ2n) is 5.53. The van der Waals surface area contributed by atoms with Crippen LogP contribution in [0.15, 0.2) is 0 Å². The molecule has 0 aromatic rings. The second kappa shape index (κ2) is 3.76. The highest BCUT2D eigenvalue weighted by Crippen LogP contribution is 2.40. The van der Waals surface area contributed by atoms with Crippen molar-refractivity contribution >= 4 is 5.97 Å². The van der Waals surface area contributed by atoms with Gasteiger partial charge in [-0.15, -0.1) is 0 Å². The molecule has 0 saturated carbocycles. The lowest BCUT2D eigenvalue weighted by Crippen LogP contribution is -2.61. The van der Waals surface area contributed by atoms with Gasteiger partial charge in [0.15, 0.2) is 0 Å². The number of aliphatic carboxylic acids is 1. The number of carboxylic acid groups (broad SMARTS) is 1. The normalized spacial score (nSPS) is 26.5. The summed E-state index contributed by atoms with van der Waals surface area (Å²) in [7, 11) is 1.63. The highest BCUT2D eigenvalue weighted by atomic mass is 16.7. The molecular weight excluding hydrogens is 194 g/mol. The molecule has 0 radical (unpaired) electrons. The number of hydroxylamine groups is 2. The van der Waals surface area contributed by atoms with Gasteiger partial charge in [0, 0.05) is 23.0 Å². The van der Waals surface area contributed by atoms with Crippen molar-refractivity contribution in [3.63, 3.8) is 0 Å². The fourth-order valence-electron chi connectivity index (χ4n) is 2.92. The molecule has 1 aliphatic heterocycles. The van der Waals surface area contributed by atoms with Crippen LogP contribution < -0.4 is 5.11 Å². The van der Waals surface area contributed by atoms with Gasteiger partial charge in [-0.2, -0.15) is 5.06 Å². The zero-order chi connectivity index (χ0) is 11.9. The highest BCUT2D eigenvalue weighted by molar-refractivity contribution is 5.68. The quantitative estimate of drug-likeness (QED) is 0.674. The third-order valence-corrected chi connectivity index (χ3v) is 3.11. The van der Waals surface area contributed by atoms with Crippen LogP contribution in [0.5, 0.6) is 0 Å². The van der Waals surface area contributed by atoms with Gasteiger partial charge in [0.05, 0.1) is 7.11 Å². The predicted octanol–water partition coefficient (Wildman–Crippen LogP) is 0.567. The first kappa shape index (κ1) is 12.5. The van der Waals surface area contributed by atoms with Crippen LogP contribution >= 0.6 is 0 Å². The number of carboxylic acids is 1. The Kier molecular flexibility index (Phi) is 3.12. The van der Waals surface area contributed by atoms with E-state index in [1.165, 1.54) is 0 Å². The van der Waals surface area contributed by atoms with Crippen molar-refractivity contribution in [2.75, 3.05) is 7.11 Å². The first-order valence-electron chi connectivity index (χ1n) is 5.26. The van der Waals surface area contributed by atoms with Crippen molar-refractivity contribution < 1.29 is 14.7 Å². The molecule has 1 saturated heterocycles. The molecule has 1 fully saturated rings. The van der Waals surface area contributed by atoms with Gasteiger partial charge in [0.25, 0.3) is 0 Å². The summed E-state index contributed by atoms with van der Waals surface area (Å²) in [6, 6.07) is 0. The molecule has 0 aliphatic carbocycles. The molecular formula is C11H20NO3-. The van der Waals surface area contributed by atoms with Gasteiger partial charge in [0.2, 0.25) is 0 Å². The number of rotatable bonds is 2. The lowest BCUT2D eigenvalue weighted by Gasteiger charge is -2.53. The molecule has 0 aromatic carbocycles. The van der Waals surface area contributed by atoms with Gasteiger partial charge in [-0.3, -0.25) is 0 Å². The minimum absolute atomic E-state index is 0.277. The maximum atomic E-state index is 11.0. The molecule has 0 unspecified atom stereocenters. The van der Waals surface area contributed by atoms with E-state index in [-0.39, 0.29) is 17.0 Å². The molecule has 15 heavy (non-hydrogen) atoms. The summed E-state index contributed by atoms with van der Waals surface area (Å²) in [4.78, 5) is 16.3. The molecule has 0 N–H and O–H groups in total. The van der Waals surface area contributed by atoms with Crippen molar-refractivity contribution in [3.8, 4) is 0 Å². The summed E-state index contributed by atoms with van der Waals surface area (Å²) >= 11 is 0. The molecule has 0 atom stereocenters. The van der Waals surface area contributed by atoms with E-state index in [1.54, 1.807) is 7.11 Å². The third kappa shape index (κ3) is 2.32. The molecule has 4 heteroatoms. The van der Waals surface area contributed by atoms with E-state index in [0.29, 0.717) is 12.8 Å². The smallest absolute Gasteiger partial charge is 0.0575 e. The topological polar surface area (TPSA) is 52.6 Å². The standard InChI is InChI=1S/C11H21NO3/c1-10(2)6-8(9(13)14)7-11(3,4)12(10)15-5/h8H,6-7H2,1-5H3,(H,13,14)/p-1. The number of hydrogen-bond acceptors (Lipinski definition) is 4. The number of carbonyl (C=O) groups is 1. The summed E-state index contributed by atoms with van der Waals surface area (Å²) in [5.74, 6) is -1.34. The van der Waals surface area contributed by atoms with Crippen LogP contribution in [0.4, 0.5) is 0 Å². The summed E-state index contributed by atoms with van der Waals surface area (Å²) in [6.45, 7) is 7.97. The van der Waals surface area contributed by atoms with Gasteiger partial charge in [0.1, 0.15) is 0 Å². The number of carbonyl (C=O) groups excluding carboxylic acids is 1. The average Bonchev–Trinajstić information content (AvgIpc) is 1.99. The Hall–Kier alpha value is -0.610. The zero-order valence-corrected chi connectivity index (χ0v) is 10.2. The summed E-state index contributed by atoms with van der Waals surface area (Å²) in [6.07, 6.45) is 1.12. The second-order valence-corrected chi connectivity index (χ2v) is 5.53. The molecule has 0 spiro atoms. The Morgan fingerprint density at radius 1 is 1.27 bits per heavy atom. The van der Waals surface area contributed by atoms with Crippen molar-refractivity contribution in [1.82, 2.24) is 5.06 Å². The molecule has 1 heterocycles. The Balaban J connectivity index is 2.95. The van der Waals surface area contributed by atoms with E-state index >= 15 is 0 Å². The van der Waals surface area contributed by atoms with Crippen molar-refractivity contribution in [1.29, 1.82) is 0 Å². The van der Waals surface area contributed by atoms with Crippen LogP contribution in [0.1, 0.15) is 40.5 Å². The Bertz CT molecular complexity index is 243. The van der Waals surface area contributed by atoms with Crippen molar-refractivity contribution in [2.24, 2.45) is 5.92 Å². The largest absolute Gasteiger partial charge is 0.550 e. The van der Waals surface area contributed by atoms with Gasteiger partial charge in [-0.25, -0.2) is 0 Å². The van der Waals surface area contributed by atoms with Crippen LogP contribution in [0, 0.1) is 5.92 Å². The number of piperidine rings is 1. The van der Waals surface area contributed by atoms with Crippen LogP contribution in [0.25, 0.3) is 0 Å². The minimum Gasteiger partial charge on any atom is -0.550 e. The number of hydrogen-bond donors (Lipinski definition) is 0. The van der Waals surface area contributed by atoms with Gasteiger partial charge >= 0.3 is 0 Å². The fraction of sp³-hybridized carbons (Fsp3) is 0.909. The SMILES string of the molecule is CON1C(C)(C)CC(C(=O)[O-])CC1(C)C. The van der Waals surface area contributed by atoms with E-state index < -0.39 is 5.97 Å². The Morgan fingerprint density at radius 2 is 1.67 bits per heavy atom. The molecule has 0 amide bonds. The molecule has 0 aromatic heterocycles. The average molecular weight is 214 g/mol. The number of nitrogens with zero attached hydrogens (tertiary/aromatic N) is 1. The third-order valence-electron chi connectivity index (χ3n) is 3.11. The van der Waals surface area contributed by atoms with Crippen molar-refractivity contribution in [3.05, 3.63) is 0 Å². The van der Waals surface area contributed by atoms with Crippen LogP contribution in [-0.4, -0.2) is 29.2 Å². The first-order valence-corrected chi connectivity index (χ1v) is 5.26. The fourth-order valence-corrected chi connectivity index (χ4v) is 2.92. The minimum atomic E-state index is -0.952. The van der Waals surface area contributed by atoms with Crippen LogP contribution in [0.2, 0.25) is 0 Å². The maximum Gasteiger partial charge on any atom is 0.0575 e.